The van der Waals surface area contributed by atoms with Gasteiger partial charge in [0.05, 0.1) is 11.1 Å². The minimum absolute atomic E-state index is 0.0702. The Bertz CT molecular complexity index is 767. The molecule has 6 heteroatoms. The molecule has 0 aromatic heterocycles. The van der Waals surface area contributed by atoms with Crippen LogP contribution in [-0.4, -0.2) is 29.9 Å². The second kappa shape index (κ2) is 6.74. The summed E-state index contributed by atoms with van der Waals surface area (Å²) in [5.74, 6) is -2.22. The average molecular weight is 312 g/mol. The first-order valence-electron chi connectivity index (χ1n) is 6.90. The van der Waals surface area contributed by atoms with Crippen LogP contribution in [0.25, 0.3) is 0 Å². The lowest BCUT2D eigenvalue weighted by Crippen LogP contribution is -2.21. The maximum atomic E-state index is 12.4. The van der Waals surface area contributed by atoms with E-state index in [2.05, 4.69) is 10.6 Å². The summed E-state index contributed by atoms with van der Waals surface area (Å²) in [4.78, 5) is 35.3. The van der Waals surface area contributed by atoms with Gasteiger partial charge in [-0.15, -0.1) is 0 Å². The van der Waals surface area contributed by atoms with E-state index >= 15 is 0 Å². The molecule has 118 valence electrons. The third kappa shape index (κ3) is 3.74. The number of carboxylic acids is 1. The Morgan fingerprint density at radius 2 is 1.57 bits per heavy atom. The van der Waals surface area contributed by atoms with Gasteiger partial charge in [0, 0.05) is 18.3 Å². The quantitative estimate of drug-likeness (QED) is 0.807. The summed E-state index contributed by atoms with van der Waals surface area (Å²) >= 11 is 0. The van der Waals surface area contributed by atoms with E-state index in [0.717, 1.165) is 5.56 Å². The van der Waals surface area contributed by atoms with Crippen LogP contribution in [0.5, 0.6) is 0 Å². The summed E-state index contributed by atoms with van der Waals surface area (Å²) in [7, 11) is 1.46. The van der Waals surface area contributed by atoms with Crippen LogP contribution in [0.4, 0.5) is 5.69 Å². The van der Waals surface area contributed by atoms with Crippen LogP contribution in [0.1, 0.15) is 36.6 Å². The minimum atomic E-state index is -1.23. The molecule has 0 unspecified atom stereocenters. The van der Waals surface area contributed by atoms with E-state index in [0.29, 0.717) is 5.69 Å². The molecule has 0 heterocycles. The zero-order chi connectivity index (χ0) is 17.0. The molecule has 0 spiro atoms. The second-order valence-electron chi connectivity index (χ2n) is 4.96. The van der Waals surface area contributed by atoms with Crippen molar-refractivity contribution in [2.24, 2.45) is 0 Å². The Morgan fingerprint density at radius 3 is 2.13 bits per heavy atom. The van der Waals surface area contributed by atoms with E-state index < -0.39 is 17.8 Å². The number of aromatic carboxylic acids is 1. The summed E-state index contributed by atoms with van der Waals surface area (Å²) in [6.45, 7) is 1.92. The maximum absolute atomic E-state index is 12.4. The fraction of sp³-hybridized carbons (Fsp3) is 0.118. The highest BCUT2D eigenvalue weighted by molar-refractivity contribution is 6.12. The van der Waals surface area contributed by atoms with E-state index in [1.54, 1.807) is 12.1 Å². The Balaban J connectivity index is 2.38. The molecule has 0 bridgehead atoms. The van der Waals surface area contributed by atoms with Crippen molar-refractivity contribution in [2.45, 2.75) is 6.92 Å². The molecule has 0 fully saturated rings. The van der Waals surface area contributed by atoms with Crippen molar-refractivity contribution in [1.29, 1.82) is 0 Å². The normalized spacial score (nSPS) is 10.0. The van der Waals surface area contributed by atoms with Gasteiger partial charge in [0.15, 0.2) is 0 Å². The molecule has 23 heavy (non-hydrogen) atoms. The van der Waals surface area contributed by atoms with Crippen LogP contribution in [0.3, 0.4) is 0 Å². The highest BCUT2D eigenvalue weighted by atomic mass is 16.4. The lowest BCUT2D eigenvalue weighted by atomic mass is 10.0. The number of hydrogen-bond acceptors (Lipinski definition) is 3. The van der Waals surface area contributed by atoms with Gasteiger partial charge in [0.2, 0.25) is 0 Å². The summed E-state index contributed by atoms with van der Waals surface area (Å²) < 4.78 is 0. The molecular formula is C17H16N2O4. The van der Waals surface area contributed by atoms with Gasteiger partial charge in [0.1, 0.15) is 0 Å². The van der Waals surface area contributed by atoms with Crippen LogP contribution < -0.4 is 10.6 Å². The van der Waals surface area contributed by atoms with E-state index in [1.807, 2.05) is 19.1 Å². The highest BCUT2D eigenvalue weighted by Gasteiger charge is 2.19. The predicted octanol–water partition coefficient (Wildman–Crippen LogP) is 2.31. The topological polar surface area (TPSA) is 95.5 Å². The number of carbonyl (C=O) groups is 3. The van der Waals surface area contributed by atoms with Crippen LogP contribution in [-0.2, 0) is 0 Å². The summed E-state index contributed by atoms with van der Waals surface area (Å²) in [5, 5.41) is 14.3. The van der Waals surface area contributed by atoms with Gasteiger partial charge in [0.25, 0.3) is 11.8 Å². The molecule has 3 N–H and O–H groups in total. The third-order valence-electron chi connectivity index (χ3n) is 3.29. The zero-order valence-corrected chi connectivity index (χ0v) is 12.7. The number of hydrogen-bond donors (Lipinski definition) is 3. The van der Waals surface area contributed by atoms with Crippen LogP contribution in [0, 0.1) is 6.92 Å². The number of carboxylic acid groups (broad SMARTS) is 1. The van der Waals surface area contributed by atoms with Gasteiger partial charge in [-0.25, -0.2) is 4.79 Å². The van der Waals surface area contributed by atoms with Gasteiger partial charge < -0.3 is 15.7 Å². The molecule has 0 radical (unpaired) electrons. The van der Waals surface area contributed by atoms with Crippen molar-refractivity contribution in [3.05, 3.63) is 64.7 Å². The summed E-state index contributed by atoms with van der Waals surface area (Å²) in [6, 6.07) is 11.0. The molecule has 0 aliphatic carbocycles. The van der Waals surface area contributed by atoms with Gasteiger partial charge in [-0.3, -0.25) is 9.59 Å². The van der Waals surface area contributed by atoms with Crippen LogP contribution in [0.15, 0.2) is 42.5 Å². The first kappa shape index (κ1) is 16.2. The van der Waals surface area contributed by atoms with Crippen LogP contribution in [0.2, 0.25) is 0 Å². The minimum Gasteiger partial charge on any atom is -0.478 e. The van der Waals surface area contributed by atoms with Gasteiger partial charge in [-0.2, -0.15) is 0 Å². The van der Waals surface area contributed by atoms with Crippen LogP contribution >= 0.6 is 0 Å². The second-order valence-corrected chi connectivity index (χ2v) is 4.96. The van der Waals surface area contributed by atoms with E-state index in [-0.39, 0.29) is 16.7 Å². The first-order valence-corrected chi connectivity index (χ1v) is 6.90. The van der Waals surface area contributed by atoms with Gasteiger partial charge >= 0.3 is 5.97 Å². The molecule has 6 nitrogen and oxygen atoms in total. The van der Waals surface area contributed by atoms with Crippen molar-refractivity contribution < 1.29 is 19.5 Å². The third-order valence-corrected chi connectivity index (χ3v) is 3.29. The number of nitrogens with one attached hydrogen (secondary N) is 2. The van der Waals surface area contributed by atoms with E-state index in [1.165, 1.54) is 25.2 Å². The maximum Gasteiger partial charge on any atom is 0.336 e. The largest absolute Gasteiger partial charge is 0.478 e. The molecule has 2 rings (SSSR count). The Morgan fingerprint density at radius 1 is 0.913 bits per heavy atom. The number of benzene rings is 2. The molecule has 0 atom stereocenters. The van der Waals surface area contributed by atoms with E-state index in [9.17, 15) is 19.5 Å². The molecule has 0 aliphatic rings. The van der Waals surface area contributed by atoms with Crippen molar-refractivity contribution >= 4 is 23.5 Å². The van der Waals surface area contributed by atoms with Gasteiger partial charge in [-0.05, 0) is 37.3 Å². The predicted molar refractivity (Wildman–Crippen MR) is 85.9 cm³/mol. The number of carbonyl (C=O) groups excluding carboxylic acids is 2. The molecule has 2 aromatic carbocycles. The number of rotatable bonds is 4. The molecular weight excluding hydrogens is 296 g/mol. The summed E-state index contributed by atoms with van der Waals surface area (Å²) in [5.41, 5.74) is 1.56. The number of anilines is 1. The molecule has 2 aromatic rings. The molecule has 0 saturated heterocycles. The highest BCUT2D eigenvalue weighted by Crippen LogP contribution is 2.16. The molecule has 0 aliphatic heterocycles. The first-order chi connectivity index (χ1) is 10.9. The Kier molecular flexibility index (Phi) is 4.75. The van der Waals surface area contributed by atoms with Crippen molar-refractivity contribution in [1.82, 2.24) is 5.32 Å². The van der Waals surface area contributed by atoms with E-state index in [4.69, 9.17) is 0 Å². The lowest BCUT2D eigenvalue weighted by Gasteiger charge is -2.10. The molecule has 0 saturated carbocycles. The lowest BCUT2D eigenvalue weighted by molar-refractivity contribution is 0.0692. The summed E-state index contributed by atoms with van der Waals surface area (Å²) in [6.07, 6.45) is 0. The smallest absolute Gasteiger partial charge is 0.336 e. The zero-order valence-electron chi connectivity index (χ0n) is 12.7. The monoisotopic (exact) mass is 312 g/mol. The molecule has 2 amide bonds. The fourth-order valence-corrected chi connectivity index (χ4v) is 2.04. The van der Waals surface area contributed by atoms with Gasteiger partial charge in [-0.1, -0.05) is 17.7 Å². The number of amides is 2. The van der Waals surface area contributed by atoms with Crippen molar-refractivity contribution in [3.63, 3.8) is 0 Å². The van der Waals surface area contributed by atoms with Crippen molar-refractivity contribution in [2.75, 3.05) is 12.4 Å². The SMILES string of the molecule is CNC(=O)c1ccc(C(=O)O)c(C(=O)Nc2ccc(C)cc2)c1. The number of aryl methyl sites for hydroxylation is 1. The average Bonchev–Trinajstić information content (AvgIpc) is 2.55. The Labute approximate surface area is 133 Å². The van der Waals surface area contributed by atoms with Crippen molar-refractivity contribution in [3.8, 4) is 0 Å². The standard InChI is InChI=1S/C17H16N2O4/c1-10-3-6-12(7-4-10)19-16(21)14-9-11(15(20)18-2)5-8-13(14)17(22)23/h3-9H,1-2H3,(H,18,20)(H,19,21)(H,22,23). The Hall–Kier alpha value is -3.15. The fourth-order valence-electron chi connectivity index (χ4n) is 2.04.